The Bertz CT molecular complexity index is 353. The molecule has 2 nitrogen and oxygen atoms in total. The first-order chi connectivity index (χ1) is 8.19. The van der Waals surface area contributed by atoms with Crippen molar-refractivity contribution in [3.8, 4) is 0 Å². The highest BCUT2D eigenvalue weighted by Crippen LogP contribution is 2.24. The van der Waals surface area contributed by atoms with E-state index in [-0.39, 0.29) is 0 Å². The Morgan fingerprint density at radius 1 is 1.53 bits per heavy atom. The van der Waals surface area contributed by atoms with E-state index in [9.17, 15) is 0 Å². The van der Waals surface area contributed by atoms with Crippen molar-refractivity contribution in [2.24, 2.45) is 0 Å². The molecule has 0 spiro atoms. The molecule has 4 heteroatoms. The van der Waals surface area contributed by atoms with Gasteiger partial charge in [-0.1, -0.05) is 24.9 Å². The van der Waals surface area contributed by atoms with E-state index < -0.39 is 0 Å². The molecule has 1 aliphatic heterocycles. The van der Waals surface area contributed by atoms with E-state index in [4.69, 9.17) is 11.6 Å². The minimum absolute atomic E-state index is 0.596. The summed E-state index contributed by atoms with van der Waals surface area (Å²) in [5, 5.41) is 3.57. The van der Waals surface area contributed by atoms with E-state index in [2.05, 4.69) is 30.1 Å². The van der Waals surface area contributed by atoms with Gasteiger partial charge in [0.2, 0.25) is 0 Å². The fraction of sp³-hybridized carbons (Fsp3) is 0.692. The van der Waals surface area contributed by atoms with Crippen molar-refractivity contribution in [1.29, 1.82) is 0 Å². The van der Waals surface area contributed by atoms with Crippen LogP contribution in [0.2, 0.25) is 4.34 Å². The number of nitrogens with one attached hydrogen (secondary N) is 1. The monoisotopic (exact) mass is 272 g/mol. The quantitative estimate of drug-likeness (QED) is 0.904. The third-order valence-corrected chi connectivity index (χ3v) is 4.55. The Hall–Kier alpha value is -0.0900. The van der Waals surface area contributed by atoms with Crippen LogP contribution in [-0.2, 0) is 6.54 Å². The minimum atomic E-state index is 0.596. The maximum Gasteiger partial charge on any atom is 0.0931 e. The normalized spacial score (nSPS) is 26.3. The fourth-order valence-corrected chi connectivity index (χ4v) is 3.59. The van der Waals surface area contributed by atoms with Gasteiger partial charge in [0.15, 0.2) is 0 Å². The van der Waals surface area contributed by atoms with Gasteiger partial charge >= 0.3 is 0 Å². The Morgan fingerprint density at radius 2 is 2.35 bits per heavy atom. The molecular weight excluding hydrogens is 252 g/mol. The molecule has 1 saturated heterocycles. The smallest absolute Gasteiger partial charge is 0.0931 e. The molecule has 1 N–H and O–H groups in total. The number of thiophene rings is 1. The van der Waals surface area contributed by atoms with Gasteiger partial charge in [0.05, 0.1) is 4.34 Å². The maximum absolute atomic E-state index is 5.99. The van der Waals surface area contributed by atoms with Gasteiger partial charge in [-0.05, 0) is 25.5 Å². The van der Waals surface area contributed by atoms with Gasteiger partial charge < -0.3 is 5.32 Å². The Kier molecular flexibility index (Phi) is 4.86. The average molecular weight is 273 g/mol. The fourth-order valence-electron chi connectivity index (χ4n) is 2.48. The predicted octanol–water partition coefficient (Wildman–Crippen LogP) is 3.36. The molecule has 17 heavy (non-hydrogen) atoms. The summed E-state index contributed by atoms with van der Waals surface area (Å²) in [6.45, 7) is 7.83. The molecule has 0 amide bonds. The molecule has 1 fully saturated rings. The lowest BCUT2D eigenvalue weighted by molar-refractivity contribution is 0.121. The van der Waals surface area contributed by atoms with Crippen molar-refractivity contribution >= 4 is 22.9 Å². The van der Waals surface area contributed by atoms with E-state index in [0.29, 0.717) is 12.1 Å². The zero-order chi connectivity index (χ0) is 12.3. The van der Waals surface area contributed by atoms with E-state index in [1.165, 1.54) is 17.7 Å². The minimum Gasteiger partial charge on any atom is -0.311 e. The van der Waals surface area contributed by atoms with Gasteiger partial charge in [-0.3, -0.25) is 4.90 Å². The van der Waals surface area contributed by atoms with Gasteiger partial charge in [-0.15, -0.1) is 11.3 Å². The van der Waals surface area contributed by atoms with Crippen LogP contribution in [0.25, 0.3) is 0 Å². The van der Waals surface area contributed by atoms with Crippen molar-refractivity contribution in [2.75, 3.05) is 13.1 Å². The van der Waals surface area contributed by atoms with Crippen LogP contribution in [0, 0.1) is 0 Å². The van der Waals surface area contributed by atoms with Crippen LogP contribution in [0.5, 0.6) is 0 Å². The summed E-state index contributed by atoms with van der Waals surface area (Å²) < 4.78 is 0.898. The molecule has 1 aliphatic rings. The second-order valence-corrected chi connectivity index (χ2v) is 6.69. The number of piperazine rings is 1. The molecule has 0 aliphatic carbocycles. The van der Waals surface area contributed by atoms with Crippen LogP contribution >= 0.6 is 22.9 Å². The van der Waals surface area contributed by atoms with Gasteiger partial charge in [0.1, 0.15) is 0 Å². The molecule has 2 heterocycles. The second kappa shape index (κ2) is 6.19. The van der Waals surface area contributed by atoms with Gasteiger partial charge in [-0.2, -0.15) is 0 Å². The van der Waals surface area contributed by atoms with Crippen molar-refractivity contribution in [2.45, 2.75) is 45.3 Å². The lowest BCUT2D eigenvalue weighted by Crippen LogP contribution is -2.54. The van der Waals surface area contributed by atoms with E-state index >= 15 is 0 Å². The number of hydrogen-bond acceptors (Lipinski definition) is 3. The van der Waals surface area contributed by atoms with Crippen LogP contribution in [0.1, 0.15) is 31.6 Å². The number of nitrogens with zero attached hydrogens (tertiary/aromatic N) is 1. The molecule has 2 atom stereocenters. The van der Waals surface area contributed by atoms with Gasteiger partial charge in [0, 0.05) is 36.6 Å². The molecule has 2 unspecified atom stereocenters. The number of halogens is 1. The first-order valence-corrected chi connectivity index (χ1v) is 7.60. The van der Waals surface area contributed by atoms with E-state index in [0.717, 1.165) is 24.0 Å². The highest BCUT2D eigenvalue weighted by Gasteiger charge is 2.25. The van der Waals surface area contributed by atoms with Gasteiger partial charge in [0.25, 0.3) is 0 Å². The molecule has 1 aromatic heterocycles. The van der Waals surface area contributed by atoms with Crippen LogP contribution in [0.3, 0.4) is 0 Å². The van der Waals surface area contributed by atoms with Crippen molar-refractivity contribution < 1.29 is 0 Å². The summed E-state index contributed by atoms with van der Waals surface area (Å²) in [4.78, 5) is 3.98. The molecule has 0 saturated carbocycles. The third kappa shape index (κ3) is 3.68. The number of rotatable bonds is 4. The molecule has 0 aromatic carbocycles. The molecule has 2 rings (SSSR count). The topological polar surface area (TPSA) is 15.3 Å². The second-order valence-electron chi connectivity index (χ2n) is 4.89. The third-order valence-electron chi connectivity index (χ3n) is 3.34. The van der Waals surface area contributed by atoms with Crippen LogP contribution in [0.15, 0.2) is 12.1 Å². The van der Waals surface area contributed by atoms with Crippen LogP contribution < -0.4 is 5.32 Å². The molecule has 96 valence electrons. The predicted molar refractivity (Wildman–Crippen MR) is 75.9 cm³/mol. The molecule has 1 aromatic rings. The largest absolute Gasteiger partial charge is 0.311 e. The van der Waals surface area contributed by atoms with Gasteiger partial charge in [-0.25, -0.2) is 0 Å². The summed E-state index contributed by atoms with van der Waals surface area (Å²) in [7, 11) is 0. The summed E-state index contributed by atoms with van der Waals surface area (Å²) >= 11 is 7.70. The standard InChI is InChI=1S/C13H21ClN2S/c1-3-4-11-7-15-10(2)8-16(11)9-12-5-6-13(14)17-12/h5-6,10-11,15H,3-4,7-9H2,1-2H3. The van der Waals surface area contributed by atoms with Crippen molar-refractivity contribution in [3.05, 3.63) is 21.3 Å². The Balaban J connectivity index is 1.99. The maximum atomic E-state index is 5.99. The Morgan fingerprint density at radius 3 is 3.00 bits per heavy atom. The van der Waals surface area contributed by atoms with E-state index in [1.807, 2.05) is 6.07 Å². The van der Waals surface area contributed by atoms with Crippen molar-refractivity contribution in [3.63, 3.8) is 0 Å². The summed E-state index contributed by atoms with van der Waals surface area (Å²) in [5.74, 6) is 0. The lowest BCUT2D eigenvalue weighted by atomic mass is 10.1. The average Bonchev–Trinajstić information content (AvgIpc) is 2.68. The Labute approximate surface area is 113 Å². The molecular formula is C13H21ClN2S. The lowest BCUT2D eigenvalue weighted by Gasteiger charge is -2.39. The highest BCUT2D eigenvalue weighted by molar-refractivity contribution is 7.16. The van der Waals surface area contributed by atoms with Crippen LogP contribution in [-0.4, -0.2) is 30.1 Å². The summed E-state index contributed by atoms with van der Waals surface area (Å²) in [5.41, 5.74) is 0. The van der Waals surface area contributed by atoms with Crippen LogP contribution in [0.4, 0.5) is 0 Å². The SMILES string of the molecule is CCCC1CNC(C)CN1Cc1ccc(Cl)s1. The zero-order valence-corrected chi connectivity index (χ0v) is 12.2. The number of hydrogen-bond donors (Lipinski definition) is 1. The summed E-state index contributed by atoms with van der Waals surface area (Å²) in [6, 6.07) is 5.43. The highest BCUT2D eigenvalue weighted by atomic mass is 35.5. The zero-order valence-electron chi connectivity index (χ0n) is 10.6. The molecule has 0 bridgehead atoms. The van der Waals surface area contributed by atoms with E-state index in [1.54, 1.807) is 11.3 Å². The first kappa shape index (κ1) is 13.3. The van der Waals surface area contributed by atoms with Crippen molar-refractivity contribution in [1.82, 2.24) is 10.2 Å². The first-order valence-electron chi connectivity index (χ1n) is 6.40. The summed E-state index contributed by atoms with van der Waals surface area (Å²) in [6.07, 6.45) is 2.53. The molecule has 0 radical (unpaired) electrons.